The molecule has 19 heavy (non-hydrogen) atoms. The molecule has 0 saturated heterocycles. The summed E-state index contributed by atoms with van der Waals surface area (Å²) in [6.07, 6.45) is 0.425. The second kappa shape index (κ2) is 5.83. The van der Waals surface area contributed by atoms with E-state index in [0.717, 1.165) is 30.5 Å². The molecular weight excluding hydrogens is 259 g/mol. The van der Waals surface area contributed by atoms with E-state index < -0.39 is 12.8 Å². The van der Waals surface area contributed by atoms with Crippen LogP contribution < -0.4 is 5.73 Å². The molecule has 106 valence electrons. The van der Waals surface area contributed by atoms with Gasteiger partial charge in [-0.2, -0.15) is 13.2 Å². The number of nitrogens with two attached hydrogens (primary N) is 1. The van der Waals surface area contributed by atoms with Crippen molar-refractivity contribution in [3.63, 3.8) is 0 Å². The molecule has 0 saturated carbocycles. The fourth-order valence-corrected chi connectivity index (χ4v) is 2.09. The van der Waals surface area contributed by atoms with Crippen LogP contribution in [0.3, 0.4) is 0 Å². The number of aromatic nitrogens is 2. The summed E-state index contributed by atoms with van der Waals surface area (Å²) in [6.45, 7) is -1.27. The third-order valence-corrected chi connectivity index (χ3v) is 3.01. The van der Waals surface area contributed by atoms with E-state index in [-0.39, 0.29) is 19.1 Å². The van der Waals surface area contributed by atoms with Crippen LogP contribution in [0.4, 0.5) is 13.2 Å². The van der Waals surface area contributed by atoms with Gasteiger partial charge in [-0.15, -0.1) is 0 Å². The summed E-state index contributed by atoms with van der Waals surface area (Å²) >= 11 is 0. The normalized spacial score (nSPS) is 19.3. The van der Waals surface area contributed by atoms with Crippen LogP contribution in [0.15, 0.2) is 6.20 Å². The fourth-order valence-electron chi connectivity index (χ4n) is 2.09. The minimum absolute atomic E-state index is 0.0284. The molecule has 0 spiro atoms. The summed E-state index contributed by atoms with van der Waals surface area (Å²) in [5.41, 5.74) is 7.80. The van der Waals surface area contributed by atoms with Crippen molar-refractivity contribution in [2.75, 3.05) is 13.2 Å². The molecule has 1 aliphatic carbocycles. The predicted molar refractivity (Wildman–Crippen MR) is 62.5 cm³/mol. The Balaban J connectivity index is 1.88. The third-order valence-electron chi connectivity index (χ3n) is 3.01. The maximum atomic E-state index is 11.9. The van der Waals surface area contributed by atoms with Gasteiger partial charge in [0.05, 0.1) is 6.61 Å². The molecule has 0 amide bonds. The number of hydrogen-bond acceptors (Lipinski definition) is 4. The van der Waals surface area contributed by atoms with E-state index in [0.29, 0.717) is 5.82 Å². The second-order valence-corrected chi connectivity index (χ2v) is 4.60. The van der Waals surface area contributed by atoms with Crippen molar-refractivity contribution in [3.05, 3.63) is 23.3 Å². The smallest absolute Gasteiger partial charge is 0.372 e. The van der Waals surface area contributed by atoms with E-state index >= 15 is 0 Å². The molecule has 1 heterocycles. The van der Waals surface area contributed by atoms with Crippen molar-refractivity contribution in [1.82, 2.24) is 9.97 Å². The monoisotopic (exact) mass is 275 g/mol. The molecule has 0 bridgehead atoms. The highest BCUT2D eigenvalue weighted by Gasteiger charge is 2.27. The Bertz CT molecular complexity index is 437. The van der Waals surface area contributed by atoms with Gasteiger partial charge in [0.1, 0.15) is 12.4 Å². The van der Waals surface area contributed by atoms with E-state index in [1.165, 1.54) is 0 Å². The Hall–Kier alpha value is -1.21. The maximum absolute atomic E-state index is 11.9. The van der Waals surface area contributed by atoms with Gasteiger partial charge in [0.2, 0.25) is 0 Å². The molecule has 0 aliphatic heterocycles. The summed E-state index contributed by atoms with van der Waals surface area (Å²) < 4.78 is 40.2. The topological polar surface area (TPSA) is 61.0 Å². The lowest BCUT2D eigenvalue weighted by molar-refractivity contribution is -0.173. The summed E-state index contributed by atoms with van der Waals surface area (Å²) in [4.78, 5) is 8.47. The Morgan fingerprint density at radius 3 is 2.95 bits per heavy atom. The minimum Gasteiger partial charge on any atom is -0.372 e. The highest BCUT2D eigenvalue weighted by Crippen LogP contribution is 2.25. The van der Waals surface area contributed by atoms with Gasteiger partial charge in [-0.1, -0.05) is 0 Å². The lowest BCUT2D eigenvalue weighted by atomic mass is 9.93. The first-order chi connectivity index (χ1) is 8.96. The van der Waals surface area contributed by atoms with Crippen LogP contribution in [-0.4, -0.2) is 29.4 Å². The zero-order valence-corrected chi connectivity index (χ0v) is 10.4. The first-order valence-corrected chi connectivity index (χ1v) is 6.20. The molecule has 2 N–H and O–H groups in total. The van der Waals surface area contributed by atoms with Crippen LogP contribution >= 0.6 is 0 Å². The lowest BCUT2D eigenvalue weighted by Crippen LogP contribution is -2.21. The Kier molecular flexibility index (Phi) is 4.36. The molecule has 4 nitrogen and oxygen atoms in total. The van der Waals surface area contributed by atoms with E-state index in [2.05, 4.69) is 14.7 Å². The van der Waals surface area contributed by atoms with E-state index in [4.69, 9.17) is 5.73 Å². The number of fused-ring (bicyclic) bond motifs is 1. The summed E-state index contributed by atoms with van der Waals surface area (Å²) in [6, 6.07) is -0.0284. The lowest BCUT2D eigenvalue weighted by Gasteiger charge is -2.21. The molecule has 1 atom stereocenters. The Morgan fingerprint density at radius 2 is 2.21 bits per heavy atom. The average Bonchev–Trinajstić information content (AvgIpc) is 2.34. The standard InChI is InChI=1S/C12H16F3N3O/c13-12(14,15)7-19-5-4-11-17-6-8-9(16)2-1-3-10(8)18-11/h6,9H,1-5,7,16H2. The molecular formula is C12H16F3N3O. The van der Waals surface area contributed by atoms with Gasteiger partial charge in [0.25, 0.3) is 0 Å². The van der Waals surface area contributed by atoms with Gasteiger partial charge in [-0.25, -0.2) is 9.97 Å². The van der Waals surface area contributed by atoms with Crippen molar-refractivity contribution in [2.24, 2.45) is 5.73 Å². The zero-order chi connectivity index (χ0) is 13.9. The van der Waals surface area contributed by atoms with E-state index in [9.17, 15) is 13.2 Å². The molecule has 7 heteroatoms. The SMILES string of the molecule is NC1CCCc2nc(CCOCC(F)(F)F)ncc21. The highest BCUT2D eigenvalue weighted by atomic mass is 19.4. The Labute approximate surface area is 109 Å². The van der Waals surface area contributed by atoms with Crippen LogP contribution in [0.5, 0.6) is 0 Å². The van der Waals surface area contributed by atoms with Crippen molar-refractivity contribution in [2.45, 2.75) is 37.9 Å². The molecule has 0 fully saturated rings. The van der Waals surface area contributed by atoms with Crippen LogP contribution in [0.1, 0.15) is 36.0 Å². The summed E-state index contributed by atoms with van der Waals surface area (Å²) in [7, 11) is 0. The van der Waals surface area contributed by atoms with Gasteiger partial charge >= 0.3 is 6.18 Å². The highest BCUT2D eigenvalue weighted by molar-refractivity contribution is 5.24. The molecule has 1 aliphatic rings. The van der Waals surface area contributed by atoms with Gasteiger partial charge < -0.3 is 10.5 Å². The van der Waals surface area contributed by atoms with Gasteiger partial charge in [0.15, 0.2) is 0 Å². The Morgan fingerprint density at radius 1 is 1.42 bits per heavy atom. The number of aryl methyl sites for hydroxylation is 1. The van der Waals surface area contributed by atoms with Crippen LogP contribution in [-0.2, 0) is 17.6 Å². The number of ether oxygens (including phenoxy) is 1. The zero-order valence-electron chi connectivity index (χ0n) is 10.4. The van der Waals surface area contributed by atoms with Crippen LogP contribution in [0, 0.1) is 0 Å². The molecule has 1 unspecified atom stereocenters. The molecule has 0 aromatic carbocycles. The third kappa shape index (κ3) is 4.14. The van der Waals surface area contributed by atoms with Crippen molar-refractivity contribution < 1.29 is 17.9 Å². The van der Waals surface area contributed by atoms with E-state index in [1.807, 2.05) is 0 Å². The second-order valence-electron chi connectivity index (χ2n) is 4.60. The van der Waals surface area contributed by atoms with E-state index in [1.54, 1.807) is 6.20 Å². The van der Waals surface area contributed by atoms with Crippen LogP contribution in [0.25, 0.3) is 0 Å². The van der Waals surface area contributed by atoms with Crippen molar-refractivity contribution in [1.29, 1.82) is 0 Å². The summed E-state index contributed by atoms with van der Waals surface area (Å²) in [5.74, 6) is 0.509. The predicted octanol–water partition coefficient (Wildman–Crippen LogP) is 1.93. The van der Waals surface area contributed by atoms with Crippen LogP contribution in [0.2, 0.25) is 0 Å². The number of nitrogens with zero attached hydrogens (tertiary/aromatic N) is 2. The number of halogens is 3. The number of hydrogen-bond donors (Lipinski definition) is 1. The minimum atomic E-state index is -4.29. The average molecular weight is 275 g/mol. The number of alkyl halides is 3. The fraction of sp³-hybridized carbons (Fsp3) is 0.667. The van der Waals surface area contributed by atoms with Gasteiger partial charge in [0, 0.05) is 29.9 Å². The largest absolute Gasteiger partial charge is 0.411 e. The first kappa shape index (κ1) is 14.2. The van der Waals surface area contributed by atoms with Crippen molar-refractivity contribution in [3.8, 4) is 0 Å². The quantitative estimate of drug-likeness (QED) is 0.853. The molecule has 1 aromatic rings. The number of rotatable bonds is 4. The maximum Gasteiger partial charge on any atom is 0.411 e. The van der Waals surface area contributed by atoms with Gasteiger partial charge in [-0.3, -0.25) is 0 Å². The van der Waals surface area contributed by atoms with Gasteiger partial charge in [-0.05, 0) is 19.3 Å². The summed E-state index contributed by atoms with van der Waals surface area (Å²) in [5, 5.41) is 0. The molecule has 0 radical (unpaired) electrons. The van der Waals surface area contributed by atoms with Crippen molar-refractivity contribution >= 4 is 0 Å². The molecule has 1 aromatic heterocycles. The first-order valence-electron chi connectivity index (χ1n) is 6.20. The molecule has 2 rings (SSSR count).